The van der Waals surface area contributed by atoms with Gasteiger partial charge in [0.1, 0.15) is 0 Å². The summed E-state index contributed by atoms with van der Waals surface area (Å²) >= 11 is 0. The standard InChI is InChI=1S/C17H17N5O/c1-12-3-4-13(16-7-10-19-22(16)2)11-15(12)21-17(23)20-14-5-8-18-9-6-14/h3-11H,1-2H3,(H2,18,20,21,23). The summed E-state index contributed by atoms with van der Waals surface area (Å²) in [5, 5.41) is 9.83. The highest BCUT2D eigenvalue weighted by Gasteiger charge is 2.08. The summed E-state index contributed by atoms with van der Waals surface area (Å²) in [4.78, 5) is 16.1. The molecule has 0 aliphatic carbocycles. The molecule has 0 saturated heterocycles. The van der Waals surface area contributed by atoms with Crippen LogP contribution in [-0.4, -0.2) is 20.8 Å². The Kier molecular flexibility index (Phi) is 4.05. The van der Waals surface area contributed by atoms with Gasteiger partial charge in [-0.05, 0) is 36.8 Å². The van der Waals surface area contributed by atoms with Crippen LogP contribution in [-0.2, 0) is 7.05 Å². The Labute approximate surface area is 134 Å². The summed E-state index contributed by atoms with van der Waals surface area (Å²) in [6, 6.07) is 11.0. The maximum absolute atomic E-state index is 12.1. The number of aryl methyl sites for hydroxylation is 2. The maximum Gasteiger partial charge on any atom is 0.323 e. The number of hydrogen-bond acceptors (Lipinski definition) is 3. The van der Waals surface area contributed by atoms with Gasteiger partial charge in [-0.3, -0.25) is 9.67 Å². The van der Waals surface area contributed by atoms with E-state index in [1.165, 1.54) is 0 Å². The van der Waals surface area contributed by atoms with E-state index in [-0.39, 0.29) is 6.03 Å². The molecule has 0 saturated carbocycles. The van der Waals surface area contributed by atoms with Gasteiger partial charge >= 0.3 is 6.03 Å². The molecule has 0 atom stereocenters. The van der Waals surface area contributed by atoms with Crippen molar-refractivity contribution in [2.75, 3.05) is 10.6 Å². The summed E-state index contributed by atoms with van der Waals surface area (Å²) < 4.78 is 1.80. The van der Waals surface area contributed by atoms with Crippen LogP contribution in [0.5, 0.6) is 0 Å². The number of carbonyl (C=O) groups is 1. The maximum atomic E-state index is 12.1. The quantitative estimate of drug-likeness (QED) is 0.778. The molecule has 2 N–H and O–H groups in total. The third-order valence-corrected chi connectivity index (χ3v) is 3.54. The van der Waals surface area contributed by atoms with Crippen molar-refractivity contribution in [1.29, 1.82) is 0 Å². The Hall–Kier alpha value is -3.15. The first-order valence-corrected chi connectivity index (χ1v) is 7.20. The van der Waals surface area contributed by atoms with E-state index < -0.39 is 0 Å². The Balaban J connectivity index is 1.80. The van der Waals surface area contributed by atoms with Crippen LogP contribution < -0.4 is 10.6 Å². The molecule has 0 spiro atoms. The molecule has 6 nitrogen and oxygen atoms in total. The molecule has 2 aromatic heterocycles. The van der Waals surface area contributed by atoms with Gasteiger partial charge in [0.05, 0.1) is 5.69 Å². The van der Waals surface area contributed by atoms with E-state index in [0.717, 1.165) is 22.5 Å². The predicted molar refractivity (Wildman–Crippen MR) is 90.3 cm³/mol. The molecule has 1 aromatic carbocycles. The monoisotopic (exact) mass is 307 g/mol. The second-order valence-electron chi connectivity index (χ2n) is 5.18. The molecule has 0 bridgehead atoms. The minimum absolute atomic E-state index is 0.290. The first-order valence-electron chi connectivity index (χ1n) is 7.20. The lowest BCUT2D eigenvalue weighted by atomic mass is 10.1. The van der Waals surface area contributed by atoms with Gasteiger partial charge in [0.15, 0.2) is 0 Å². The third-order valence-electron chi connectivity index (χ3n) is 3.54. The number of nitrogens with one attached hydrogen (secondary N) is 2. The van der Waals surface area contributed by atoms with E-state index in [2.05, 4.69) is 20.7 Å². The highest BCUT2D eigenvalue weighted by atomic mass is 16.2. The van der Waals surface area contributed by atoms with Gasteiger partial charge in [0.2, 0.25) is 0 Å². The summed E-state index contributed by atoms with van der Waals surface area (Å²) in [5.74, 6) is 0. The number of hydrogen-bond donors (Lipinski definition) is 2. The fourth-order valence-electron chi connectivity index (χ4n) is 2.29. The molecule has 0 radical (unpaired) electrons. The number of aromatic nitrogens is 3. The molecule has 3 aromatic rings. The van der Waals surface area contributed by atoms with Crippen molar-refractivity contribution in [3.05, 3.63) is 60.6 Å². The van der Waals surface area contributed by atoms with E-state index in [1.807, 2.05) is 38.2 Å². The molecule has 0 fully saturated rings. The molecular formula is C17H17N5O. The van der Waals surface area contributed by atoms with Crippen molar-refractivity contribution in [3.8, 4) is 11.3 Å². The molecule has 116 valence electrons. The molecule has 2 heterocycles. The highest BCUT2D eigenvalue weighted by Crippen LogP contribution is 2.25. The Morgan fingerprint density at radius 1 is 1.04 bits per heavy atom. The summed E-state index contributed by atoms with van der Waals surface area (Å²) in [6.45, 7) is 1.95. The average molecular weight is 307 g/mol. The minimum Gasteiger partial charge on any atom is -0.308 e. The highest BCUT2D eigenvalue weighted by molar-refractivity contribution is 6.00. The topological polar surface area (TPSA) is 71.8 Å². The van der Waals surface area contributed by atoms with Crippen LogP contribution in [0, 0.1) is 6.92 Å². The first-order chi connectivity index (χ1) is 11.1. The van der Waals surface area contributed by atoms with E-state index in [0.29, 0.717) is 5.69 Å². The van der Waals surface area contributed by atoms with E-state index in [9.17, 15) is 4.79 Å². The lowest BCUT2D eigenvalue weighted by molar-refractivity contribution is 0.262. The van der Waals surface area contributed by atoms with Crippen LogP contribution in [0.15, 0.2) is 55.0 Å². The van der Waals surface area contributed by atoms with Gasteiger partial charge in [-0.2, -0.15) is 5.10 Å². The van der Waals surface area contributed by atoms with Crippen molar-refractivity contribution >= 4 is 17.4 Å². The first kappa shape index (κ1) is 14.8. The van der Waals surface area contributed by atoms with E-state index in [4.69, 9.17) is 0 Å². The number of benzene rings is 1. The average Bonchev–Trinajstić information content (AvgIpc) is 2.96. The summed E-state index contributed by atoms with van der Waals surface area (Å²) in [5.41, 5.74) is 4.42. The molecule has 0 aliphatic heterocycles. The van der Waals surface area contributed by atoms with E-state index >= 15 is 0 Å². The van der Waals surface area contributed by atoms with Crippen molar-refractivity contribution in [2.45, 2.75) is 6.92 Å². The molecule has 3 rings (SSSR count). The van der Waals surface area contributed by atoms with Crippen LogP contribution in [0.2, 0.25) is 0 Å². The van der Waals surface area contributed by atoms with Crippen molar-refractivity contribution in [3.63, 3.8) is 0 Å². The Morgan fingerprint density at radius 2 is 1.83 bits per heavy atom. The van der Waals surface area contributed by atoms with Gasteiger partial charge < -0.3 is 10.6 Å². The van der Waals surface area contributed by atoms with Crippen molar-refractivity contribution in [1.82, 2.24) is 14.8 Å². The van der Waals surface area contributed by atoms with Crippen LogP contribution in [0.4, 0.5) is 16.2 Å². The van der Waals surface area contributed by atoms with Crippen LogP contribution in [0.1, 0.15) is 5.56 Å². The fourth-order valence-corrected chi connectivity index (χ4v) is 2.29. The fraction of sp³-hybridized carbons (Fsp3) is 0.118. The zero-order chi connectivity index (χ0) is 16.2. The van der Waals surface area contributed by atoms with Gasteiger partial charge in [-0.15, -0.1) is 0 Å². The lowest BCUT2D eigenvalue weighted by Crippen LogP contribution is -2.20. The normalized spacial score (nSPS) is 10.3. The lowest BCUT2D eigenvalue weighted by Gasteiger charge is -2.12. The molecule has 6 heteroatoms. The SMILES string of the molecule is Cc1ccc(-c2ccnn2C)cc1NC(=O)Nc1ccncc1. The molecule has 2 amide bonds. The molecule has 23 heavy (non-hydrogen) atoms. The van der Waals surface area contributed by atoms with Gasteiger partial charge in [0, 0.05) is 42.6 Å². The number of urea groups is 1. The summed E-state index contributed by atoms with van der Waals surface area (Å²) in [7, 11) is 1.89. The summed E-state index contributed by atoms with van der Waals surface area (Å²) in [6.07, 6.45) is 5.01. The third kappa shape index (κ3) is 3.37. The zero-order valence-electron chi connectivity index (χ0n) is 12.9. The number of carbonyl (C=O) groups excluding carboxylic acids is 1. The Morgan fingerprint density at radius 3 is 2.52 bits per heavy atom. The number of amides is 2. The Bertz CT molecular complexity index is 826. The second-order valence-corrected chi connectivity index (χ2v) is 5.18. The number of nitrogens with zero attached hydrogens (tertiary/aromatic N) is 3. The number of rotatable bonds is 3. The van der Waals surface area contributed by atoms with Crippen molar-refractivity contribution in [2.24, 2.45) is 7.05 Å². The minimum atomic E-state index is -0.290. The van der Waals surface area contributed by atoms with Gasteiger partial charge in [-0.25, -0.2) is 4.79 Å². The second kappa shape index (κ2) is 6.31. The van der Waals surface area contributed by atoms with Crippen molar-refractivity contribution < 1.29 is 4.79 Å². The smallest absolute Gasteiger partial charge is 0.308 e. The van der Waals surface area contributed by atoms with Gasteiger partial charge in [-0.1, -0.05) is 12.1 Å². The van der Waals surface area contributed by atoms with Crippen LogP contribution in [0.3, 0.4) is 0 Å². The van der Waals surface area contributed by atoms with E-state index in [1.54, 1.807) is 35.4 Å². The number of pyridine rings is 1. The van der Waals surface area contributed by atoms with Crippen LogP contribution in [0.25, 0.3) is 11.3 Å². The van der Waals surface area contributed by atoms with Gasteiger partial charge in [0.25, 0.3) is 0 Å². The molecule has 0 aliphatic rings. The van der Waals surface area contributed by atoms with Crippen LogP contribution >= 0.6 is 0 Å². The molecular weight excluding hydrogens is 290 g/mol. The zero-order valence-corrected chi connectivity index (χ0v) is 12.9. The molecule has 0 unspecified atom stereocenters. The number of anilines is 2. The predicted octanol–water partition coefficient (Wildman–Crippen LogP) is 3.43. The largest absolute Gasteiger partial charge is 0.323 e.